The lowest BCUT2D eigenvalue weighted by atomic mass is 10.1. The van der Waals surface area contributed by atoms with Crippen molar-refractivity contribution < 1.29 is 14.3 Å². The normalized spacial score (nSPS) is 15.3. The molecule has 1 aliphatic rings. The van der Waals surface area contributed by atoms with Gasteiger partial charge in [-0.05, 0) is 66.3 Å². The number of anilines is 1. The van der Waals surface area contributed by atoms with Gasteiger partial charge in [0.15, 0.2) is 5.11 Å². The Morgan fingerprint density at radius 2 is 1.50 bits per heavy atom. The molecule has 0 saturated carbocycles. The van der Waals surface area contributed by atoms with Crippen LogP contribution in [-0.2, 0) is 9.59 Å². The lowest BCUT2D eigenvalue weighted by Crippen LogP contribution is -2.54. The number of nitrogens with zero attached hydrogens (tertiary/aromatic N) is 1. The molecule has 0 unspecified atom stereocenters. The highest BCUT2D eigenvalue weighted by Crippen LogP contribution is 2.27. The molecule has 3 aromatic rings. The molecular weight excluding hydrogens is 464 g/mol. The fraction of sp³-hybridized carbons (Fsp3) is 0. The van der Waals surface area contributed by atoms with Crippen LogP contribution in [0.15, 0.2) is 88.9 Å². The summed E-state index contributed by atoms with van der Waals surface area (Å²) in [6, 6.07) is 23.6. The van der Waals surface area contributed by atoms with Crippen molar-refractivity contribution in [2.75, 3.05) is 4.90 Å². The first-order valence-corrected chi connectivity index (χ1v) is 10.2. The molecule has 0 bridgehead atoms. The number of nitrogens with one attached hydrogen (secondary N) is 1. The van der Waals surface area contributed by atoms with E-state index >= 15 is 0 Å². The van der Waals surface area contributed by atoms with Crippen LogP contribution in [0.4, 0.5) is 5.69 Å². The molecule has 2 amide bonds. The Balaban J connectivity index is 1.61. The third-order valence-electron chi connectivity index (χ3n) is 4.38. The van der Waals surface area contributed by atoms with Gasteiger partial charge in [-0.25, -0.2) is 0 Å². The zero-order chi connectivity index (χ0) is 21.1. The highest BCUT2D eigenvalue weighted by Gasteiger charge is 2.34. The van der Waals surface area contributed by atoms with Gasteiger partial charge in [-0.2, -0.15) is 0 Å². The molecule has 30 heavy (non-hydrogen) atoms. The number of thiocarbonyl (C=S) groups is 1. The molecule has 1 fully saturated rings. The molecule has 1 N–H and O–H groups in total. The van der Waals surface area contributed by atoms with Gasteiger partial charge in [-0.3, -0.25) is 19.8 Å². The van der Waals surface area contributed by atoms with Gasteiger partial charge < -0.3 is 4.74 Å². The van der Waals surface area contributed by atoms with Gasteiger partial charge in [0.25, 0.3) is 11.8 Å². The number of hydrogen-bond donors (Lipinski definition) is 1. The smallest absolute Gasteiger partial charge is 0.270 e. The molecule has 0 aliphatic carbocycles. The van der Waals surface area contributed by atoms with Gasteiger partial charge in [0, 0.05) is 4.47 Å². The van der Waals surface area contributed by atoms with Crippen molar-refractivity contribution in [3.05, 3.63) is 94.5 Å². The summed E-state index contributed by atoms with van der Waals surface area (Å²) in [5.41, 5.74) is 1.25. The second-order valence-corrected chi connectivity index (χ2v) is 7.63. The van der Waals surface area contributed by atoms with E-state index in [1.54, 1.807) is 30.3 Å². The lowest BCUT2D eigenvalue weighted by molar-refractivity contribution is -0.122. The largest absolute Gasteiger partial charge is 0.457 e. The minimum absolute atomic E-state index is 0.000104. The van der Waals surface area contributed by atoms with Crippen LogP contribution < -0.4 is 15.0 Å². The predicted molar refractivity (Wildman–Crippen MR) is 123 cm³/mol. The second kappa shape index (κ2) is 8.61. The van der Waals surface area contributed by atoms with Crippen molar-refractivity contribution in [3.63, 3.8) is 0 Å². The fourth-order valence-electron chi connectivity index (χ4n) is 2.93. The Morgan fingerprint density at radius 3 is 2.20 bits per heavy atom. The van der Waals surface area contributed by atoms with Crippen LogP contribution >= 0.6 is 28.1 Å². The first-order chi connectivity index (χ1) is 14.5. The molecule has 148 valence electrons. The first-order valence-electron chi connectivity index (χ1n) is 9.02. The summed E-state index contributed by atoms with van der Waals surface area (Å²) in [5, 5.41) is 2.62. The Kier molecular flexibility index (Phi) is 5.74. The Hall–Kier alpha value is -3.29. The van der Waals surface area contributed by atoms with Crippen molar-refractivity contribution in [1.82, 2.24) is 5.32 Å². The fourth-order valence-corrected chi connectivity index (χ4v) is 3.61. The van der Waals surface area contributed by atoms with Crippen LogP contribution in [0.2, 0.25) is 0 Å². The molecule has 1 heterocycles. The van der Waals surface area contributed by atoms with E-state index in [-0.39, 0.29) is 10.7 Å². The number of ether oxygens (including phenoxy) is 1. The molecule has 1 saturated heterocycles. The van der Waals surface area contributed by atoms with Crippen molar-refractivity contribution in [3.8, 4) is 11.5 Å². The highest BCUT2D eigenvalue weighted by atomic mass is 79.9. The van der Waals surface area contributed by atoms with E-state index in [0.717, 1.165) is 10.0 Å². The molecule has 7 heteroatoms. The summed E-state index contributed by atoms with van der Waals surface area (Å²) in [6.07, 6.45) is 1.55. The van der Waals surface area contributed by atoms with E-state index in [0.29, 0.717) is 17.2 Å². The molecule has 0 atom stereocenters. The summed E-state index contributed by atoms with van der Waals surface area (Å²) in [4.78, 5) is 26.8. The summed E-state index contributed by atoms with van der Waals surface area (Å²) < 4.78 is 6.56. The maximum absolute atomic E-state index is 13.1. The third-order valence-corrected chi connectivity index (χ3v) is 5.39. The summed E-state index contributed by atoms with van der Waals surface area (Å²) >= 11 is 8.68. The third kappa shape index (κ3) is 4.17. The van der Waals surface area contributed by atoms with Gasteiger partial charge >= 0.3 is 0 Å². The van der Waals surface area contributed by atoms with E-state index in [9.17, 15) is 9.59 Å². The summed E-state index contributed by atoms with van der Waals surface area (Å²) in [5.74, 6) is 0.311. The van der Waals surface area contributed by atoms with Crippen molar-refractivity contribution >= 4 is 56.8 Å². The molecule has 1 aliphatic heterocycles. The number of carbonyl (C=O) groups excluding carboxylic acids is 2. The minimum Gasteiger partial charge on any atom is -0.457 e. The van der Waals surface area contributed by atoms with Crippen LogP contribution in [0.1, 0.15) is 5.56 Å². The van der Waals surface area contributed by atoms with Crippen LogP contribution in [-0.4, -0.2) is 16.9 Å². The minimum atomic E-state index is -0.527. The lowest BCUT2D eigenvalue weighted by Gasteiger charge is -2.29. The number of carbonyl (C=O) groups is 2. The summed E-state index contributed by atoms with van der Waals surface area (Å²) in [7, 11) is 0. The van der Waals surface area contributed by atoms with Gasteiger partial charge in [-0.1, -0.05) is 52.3 Å². The first kappa shape index (κ1) is 20.0. The molecular formula is C23H15BrN2O3S. The number of hydrogen-bond acceptors (Lipinski definition) is 4. The standard InChI is InChI=1S/C23H15BrN2O3S/c24-20-9-5-4-6-15(20)14-19-21(27)25-23(30)26(22(19)28)16-10-12-18(13-11-16)29-17-7-2-1-3-8-17/h1-14H,(H,25,27,30)/b19-14+. The number of halogens is 1. The van der Waals surface area contributed by atoms with Gasteiger partial charge in [-0.15, -0.1) is 0 Å². The van der Waals surface area contributed by atoms with Crippen LogP contribution in [0.25, 0.3) is 6.08 Å². The van der Waals surface area contributed by atoms with Gasteiger partial charge in [0.2, 0.25) is 0 Å². The zero-order valence-corrected chi connectivity index (χ0v) is 17.9. The Bertz CT molecular complexity index is 1160. The van der Waals surface area contributed by atoms with E-state index in [2.05, 4.69) is 21.2 Å². The van der Waals surface area contributed by atoms with E-state index in [4.69, 9.17) is 17.0 Å². The van der Waals surface area contributed by atoms with E-state index < -0.39 is 11.8 Å². The SMILES string of the molecule is O=C1NC(=S)N(c2ccc(Oc3ccccc3)cc2)C(=O)/C1=C/c1ccccc1Br. The second-order valence-electron chi connectivity index (χ2n) is 6.39. The zero-order valence-electron chi connectivity index (χ0n) is 15.5. The molecule has 0 spiro atoms. The number of rotatable bonds is 4. The maximum Gasteiger partial charge on any atom is 0.270 e. The van der Waals surface area contributed by atoms with Crippen molar-refractivity contribution in [2.24, 2.45) is 0 Å². The Morgan fingerprint density at radius 1 is 0.867 bits per heavy atom. The highest BCUT2D eigenvalue weighted by molar-refractivity contribution is 9.10. The quantitative estimate of drug-likeness (QED) is 0.323. The molecule has 0 aromatic heterocycles. The average Bonchev–Trinajstić information content (AvgIpc) is 2.74. The maximum atomic E-state index is 13.1. The molecule has 0 radical (unpaired) electrons. The number of amides is 2. The molecule has 5 nitrogen and oxygen atoms in total. The number of para-hydroxylation sites is 1. The van der Waals surface area contributed by atoms with Gasteiger partial charge in [0.1, 0.15) is 17.1 Å². The topological polar surface area (TPSA) is 58.6 Å². The Labute approximate surface area is 187 Å². The van der Waals surface area contributed by atoms with Crippen molar-refractivity contribution in [2.45, 2.75) is 0 Å². The number of benzene rings is 3. The van der Waals surface area contributed by atoms with Crippen molar-refractivity contribution in [1.29, 1.82) is 0 Å². The average molecular weight is 479 g/mol. The van der Waals surface area contributed by atoms with Crippen LogP contribution in [0, 0.1) is 0 Å². The summed E-state index contributed by atoms with van der Waals surface area (Å²) in [6.45, 7) is 0. The molecule has 4 rings (SSSR count). The van der Waals surface area contributed by atoms with Crippen LogP contribution in [0.3, 0.4) is 0 Å². The van der Waals surface area contributed by atoms with Gasteiger partial charge in [0.05, 0.1) is 5.69 Å². The predicted octanol–water partition coefficient (Wildman–Crippen LogP) is 5.07. The van der Waals surface area contributed by atoms with E-state index in [1.807, 2.05) is 54.6 Å². The monoisotopic (exact) mass is 478 g/mol. The molecule has 3 aromatic carbocycles. The van der Waals surface area contributed by atoms with E-state index in [1.165, 1.54) is 4.90 Å². The van der Waals surface area contributed by atoms with Crippen LogP contribution in [0.5, 0.6) is 11.5 Å².